The zero-order chi connectivity index (χ0) is 16.8. The Balaban J connectivity index is 1.78. The van der Waals surface area contributed by atoms with Crippen LogP contribution >= 0.6 is 11.8 Å². The fraction of sp³-hybridized carbons (Fsp3) is 0.368. The third kappa shape index (κ3) is 3.62. The van der Waals surface area contributed by atoms with Gasteiger partial charge in [-0.1, -0.05) is 30.3 Å². The Morgan fingerprint density at radius 3 is 2.67 bits per heavy atom. The SMILES string of the molecule is CSc1ncccc1C(=O)NCC1(c2ccccc2)CCOCC1. The summed E-state index contributed by atoms with van der Waals surface area (Å²) in [7, 11) is 0. The first-order chi connectivity index (χ1) is 11.7. The number of hydrogen-bond donors (Lipinski definition) is 1. The van der Waals surface area contributed by atoms with Crippen LogP contribution in [0, 0.1) is 0 Å². The van der Waals surface area contributed by atoms with Crippen molar-refractivity contribution in [2.24, 2.45) is 0 Å². The maximum absolute atomic E-state index is 12.6. The molecule has 1 aliphatic rings. The highest BCUT2D eigenvalue weighted by atomic mass is 32.2. The molecule has 0 radical (unpaired) electrons. The summed E-state index contributed by atoms with van der Waals surface area (Å²) in [6.45, 7) is 2.07. The summed E-state index contributed by atoms with van der Waals surface area (Å²) in [6.07, 6.45) is 5.48. The Labute approximate surface area is 147 Å². The van der Waals surface area contributed by atoms with Crippen LogP contribution in [-0.2, 0) is 10.2 Å². The molecule has 126 valence electrons. The molecule has 3 rings (SSSR count). The van der Waals surface area contributed by atoms with E-state index in [9.17, 15) is 4.79 Å². The number of pyridine rings is 1. The van der Waals surface area contributed by atoms with Gasteiger partial charge in [-0.05, 0) is 36.8 Å². The molecule has 1 fully saturated rings. The predicted octanol–water partition coefficient (Wildman–Crippen LogP) is 3.28. The number of thioether (sulfide) groups is 1. The molecule has 0 spiro atoms. The van der Waals surface area contributed by atoms with Crippen molar-refractivity contribution in [3.63, 3.8) is 0 Å². The molecule has 2 aromatic rings. The predicted molar refractivity (Wildman–Crippen MR) is 96.5 cm³/mol. The molecule has 1 aromatic carbocycles. The van der Waals surface area contributed by atoms with Crippen molar-refractivity contribution in [3.8, 4) is 0 Å². The maximum atomic E-state index is 12.6. The van der Waals surface area contributed by atoms with Crippen molar-refractivity contribution in [1.82, 2.24) is 10.3 Å². The number of ether oxygens (including phenoxy) is 1. The summed E-state index contributed by atoms with van der Waals surface area (Å²) in [4.78, 5) is 16.9. The van der Waals surface area contributed by atoms with Gasteiger partial charge in [0.2, 0.25) is 0 Å². The molecule has 1 N–H and O–H groups in total. The Morgan fingerprint density at radius 1 is 1.21 bits per heavy atom. The van der Waals surface area contributed by atoms with E-state index < -0.39 is 0 Å². The molecule has 1 aromatic heterocycles. The Bertz CT molecular complexity index is 685. The minimum absolute atomic E-state index is 0.0586. The lowest BCUT2D eigenvalue weighted by Crippen LogP contribution is -2.44. The Morgan fingerprint density at radius 2 is 1.96 bits per heavy atom. The number of carbonyl (C=O) groups is 1. The highest BCUT2D eigenvalue weighted by molar-refractivity contribution is 7.98. The molecule has 0 atom stereocenters. The summed E-state index contributed by atoms with van der Waals surface area (Å²) in [5.41, 5.74) is 1.85. The van der Waals surface area contributed by atoms with Crippen molar-refractivity contribution in [2.75, 3.05) is 26.0 Å². The average molecular weight is 342 g/mol. The number of aromatic nitrogens is 1. The third-order valence-electron chi connectivity index (χ3n) is 4.63. The number of hydrogen-bond acceptors (Lipinski definition) is 4. The lowest BCUT2D eigenvalue weighted by molar-refractivity contribution is 0.0487. The van der Waals surface area contributed by atoms with E-state index in [1.54, 1.807) is 12.3 Å². The van der Waals surface area contributed by atoms with E-state index in [4.69, 9.17) is 4.74 Å². The van der Waals surface area contributed by atoms with Crippen LogP contribution in [0.15, 0.2) is 53.7 Å². The van der Waals surface area contributed by atoms with E-state index in [1.807, 2.05) is 18.4 Å². The summed E-state index contributed by atoms with van der Waals surface area (Å²) in [5, 5.41) is 3.89. The van der Waals surface area contributed by atoms with Gasteiger partial charge in [-0.25, -0.2) is 4.98 Å². The van der Waals surface area contributed by atoms with Gasteiger partial charge in [0.05, 0.1) is 5.56 Å². The van der Waals surface area contributed by atoms with E-state index >= 15 is 0 Å². The van der Waals surface area contributed by atoms with E-state index in [0.717, 1.165) is 31.1 Å². The van der Waals surface area contributed by atoms with Crippen molar-refractivity contribution >= 4 is 17.7 Å². The van der Waals surface area contributed by atoms with Gasteiger partial charge in [0.25, 0.3) is 5.91 Å². The van der Waals surface area contributed by atoms with Crippen LogP contribution in [0.4, 0.5) is 0 Å². The fourth-order valence-corrected chi connectivity index (χ4v) is 3.74. The van der Waals surface area contributed by atoms with Gasteiger partial charge in [-0.15, -0.1) is 11.8 Å². The van der Waals surface area contributed by atoms with Gasteiger partial charge in [0.1, 0.15) is 5.03 Å². The molecule has 2 heterocycles. The molecule has 1 aliphatic heterocycles. The molecule has 0 unspecified atom stereocenters. The maximum Gasteiger partial charge on any atom is 0.254 e. The number of benzene rings is 1. The minimum atomic E-state index is -0.0609. The lowest BCUT2D eigenvalue weighted by Gasteiger charge is -2.38. The van der Waals surface area contributed by atoms with E-state index in [-0.39, 0.29) is 11.3 Å². The molecule has 24 heavy (non-hydrogen) atoms. The van der Waals surface area contributed by atoms with Crippen molar-refractivity contribution in [1.29, 1.82) is 0 Å². The number of carbonyl (C=O) groups excluding carboxylic acids is 1. The fourth-order valence-electron chi connectivity index (χ4n) is 3.19. The first kappa shape index (κ1) is 17.0. The Kier molecular flexibility index (Phi) is 5.53. The lowest BCUT2D eigenvalue weighted by atomic mass is 9.74. The molecule has 0 saturated carbocycles. The monoisotopic (exact) mass is 342 g/mol. The van der Waals surface area contributed by atoms with Gasteiger partial charge in [0, 0.05) is 31.4 Å². The normalized spacial score (nSPS) is 16.5. The second kappa shape index (κ2) is 7.81. The first-order valence-electron chi connectivity index (χ1n) is 8.16. The standard InChI is InChI=1S/C19H22N2O2S/c1-24-18-16(8-5-11-20-18)17(22)21-14-19(9-12-23-13-10-19)15-6-3-2-4-7-15/h2-8,11H,9-10,12-14H2,1H3,(H,21,22). The number of rotatable bonds is 5. The van der Waals surface area contributed by atoms with Crippen molar-refractivity contribution < 1.29 is 9.53 Å². The largest absolute Gasteiger partial charge is 0.381 e. The van der Waals surface area contributed by atoms with Crippen LogP contribution in [-0.4, -0.2) is 36.9 Å². The summed E-state index contributed by atoms with van der Waals surface area (Å²) >= 11 is 1.49. The molecular weight excluding hydrogens is 320 g/mol. The quantitative estimate of drug-likeness (QED) is 0.847. The molecule has 1 amide bonds. The smallest absolute Gasteiger partial charge is 0.254 e. The van der Waals surface area contributed by atoms with Gasteiger partial charge >= 0.3 is 0 Å². The van der Waals surface area contributed by atoms with Gasteiger partial charge in [-0.3, -0.25) is 4.79 Å². The van der Waals surface area contributed by atoms with Gasteiger partial charge in [0.15, 0.2) is 0 Å². The van der Waals surface area contributed by atoms with Gasteiger partial charge in [-0.2, -0.15) is 0 Å². The molecule has 0 bridgehead atoms. The summed E-state index contributed by atoms with van der Waals surface area (Å²) in [6, 6.07) is 14.1. The topological polar surface area (TPSA) is 51.2 Å². The van der Waals surface area contributed by atoms with Crippen LogP contribution in [0.2, 0.25) is 0 Å². The number of nitrogens with one attached hydrogen (secondary N) is 1. The minimum Gasteiger partial charge on any atom is -0.381 e. The molecule has 5 heteroatoms. The molecule has 0 aliphatic carbocycles. The second-order valence-electron chi connectivity index (χ2n) is 6.00. The second-order valence-corrected chi connectivity index (χ2v) is 6.80. The zero-order valence-corrected chi connectivity index (χ0v) is 14.6. The number of nitrogens with zero attached hydrogens (tertiary/aromatic N) is 1. The Hall–Kier alpha value is -1.85. The van der Waals surface area contributed by atoms with E-state index in [1.165, 1.54) is 17.3 Å². The van der Waals surface area contributed by atoms with E-state index in [2.05, 4.69) is 34.6 Å². The van der Waals surface area contributed by atoms with Crippen LogP contribution in [0.3, 0.4) is 0 Å². The van der Waals surface area contributed by atoms with Crippen LogP contribution < -0.4 is 5.32 Å². The van der Waals surface area contributed by atoms with Crippen LogP contribution in [0.5, 0.6) is 0 Å². The number of amides is 1. The highest BCUT2D eigenvalue weighted by Gasteiger charge is 2.34. The van der Waals surface area contributed by atoms with Crippen LogP contribution in [0.25, 0.3) is 0 Å². The van der Waals surface area contributed by atoms with Crippen molar-refractivity contribution in [2.45, 2.75) is 23.3 Å². The van der Waals surface area contributed by atoms with Crippen LogP contribution in [0.1, 0.15) is 28.8 Å². The van der Waals surface area contributed by atoms with Crippen molar-refractivity contribution in [3.05, 3.63) is 59.8 Å². The first-order valence-corrected chi connectivity index (χ1v) is 9.38. The van der Waals surface area contributed by atoms with Gasteiger partial charge < -0.3 is 10.1 Å². The summed E-state index contributed by atoms with van der Waals surface area (Å²) in [5.74, 6) is -0.0609. The molecule has 1 saturated heterocycles. The highest BCUT2D eigenvalue weighted by Crippen LogP contribution is 2.34. The summed E-state index contributed by atoms with van der Waals surface area (Å²) < 4.78 is 5.55. The third-order valence-corrected chi connectivity index (χ3v) is 5.34. The molecular formula is C19H22N2O2S. The average Bonchev–Trinajstić information content (AvgIpc) is 2.67. The molecule has 4 nitrogen and oxygen atoms in total. The zero-order valence-electron chi connectivity index (χ0n) is 13.8. The van der Waals surface area contributed by atoms with E-state index in [0.29, 0.717) is 12.1 Å².